The van der Waals surface area contributed by atoms with Gasteiger partial charge in [0.1, 0.15) is 0 Å². The molecule has 0 aromatic heterocycles. The van der Waals surface area contributed by atoms with Gasteiger partial charge in [-0.2, -0.15) is 5.26 Å². The second-order valence-electron chi connectivity index (χ2n) is 6.87. The van der Waals surface area contributed by atoms with Crippen LogP contribution in [0.15, 0.2) is 48.5 Å². The number of hydrogen-bond acceptors (Lipinski definition) is 3. The van der Waals surface area contributed by atoms with Crippen molar-refractivity contribution in [3.63, 3.8) is 0 Å². The van der Waals surface area contributed by atoms with E-state index in [-0.39, 0.29) is 11.2 Å². The summed E-state index contributed by atoms with van der Waals surface area (Å²) in [6, 6.07) is 17.9. The lowest BCUT2D eigenvalue weighted by molar-refractivity contribution is 0.00578. The minimum atomic E-state index is -0.442. The minimum absolute atomic E-state index is 0.389. The van der Waals surface area contributed by atoms with E-state index in [1.54, 1.807) is 0 Å². The largest absolute Gasteiger partial charge is 0.495 e. The molecule has 1 aliphatic rings. The van der Waals surface area contributed by atoms with Gasteiger partial charge in [-0.15, -0.1) is 0 Å². The summed E-state index contributed by atoms with van der Waals surface area (Å²) in [7, 11) is -0.442. The summed E-state index contributed by atoms with van der Waals surface area (Å²) in [6.07, 6.45) is 0. The van der Waals surface area contributed by atoms with E-state index in [1.165, 1.54) is 0 Å². The van der Waals surface area contributed by atoms with Gasteiger partial charge in [0, 0.05) is 0 Å². The fourth-order valence-corrected chi connectivity index (χ4v) is 2.67. The van der Waals surface area contributed by atoms with Crippen LogP contribution in [0.2, 0.25) is 0 Å². The Morgan fingerprint density at radius 3 is 2.09 bits per heavy atom. The Morgan fingerprint density at radius 1 is 0.913 bits per heavy atom. The Bertz CT molecular complexity index is 747. The summed E-state index contributed by atoms with van der Waals surface area (Å²) in [5, 5.41) is 9.22. The second kappa shape index (κ2) is 5.52. The lowest BCUT2D eigenvalue weighted by Crippen LogP contribution is -2.41. The van der Waals surface area contributed by atoms with E-state index in [0.29, 0.717) is 5.56 Å². The number of rotatable bonds is 2. The van der Waals surface area contributed by atoms with E-state index >= 15 is 0 Å². The highest BCUT2D eigenvalue weighted by Crippen LogP contribution is 2.37. The van der Waals surface area contributed by atoms with Crippen LogP contribution in [0.25, 0.3) is 11.1 Å². The van der Waals surface area contributed by atoms with Gasteiger partial charge in [0.15, 0.2) is 0 Å². The zero-order valence-corrected chi connectivity index (χ0v) is 14.0. The molecule has 0 N–H and O–H groups in total. The maximum atomic E-state index is 9.22. The summed E-state index contributed by atoms with van der Waals surface area (Å²) < 4.78 is 12.4. The summed E-state index contributed by atoms with van der Waals surface area (Å²) in [5.41, 5.74) is 2.83. The molecule has 4 heteroatoms. The van der Waals surface area contributed by atoms with Gasteiger partial charge in [-0.1, -0.05) is 36.4 Å². The first-order valence-corrected chi connectivity index (χ1v) is 7.79. The Hall–Kier alpha value is -2.09. The smallest absolute Gasteiger partial charge is 0.399 e. The van der Waals surface area contributed by atoms with Gasteiger partial charge < -0.3 is 9.31 Å². The molecule has 2 aromatic rings. The van der Waals surface area contributed by atoms with Crippen molar-refractivity contribution in [1.82, 2.24) is 0 Å². The van der Waals surface area contributed by atoms with E-state index < -0.39 is 7.12 Å². The van der Waals surface area contributed by atoms with E-state index in [9.17, 15) is 5.26 Å². The molecular weight excluding hydrogens is 285 g/mol. The third-order valence-electron chi connectivity index (χ3n) is 4.77. The van der Waals surface area contributed by atoms with E-state index in [2.05, 4.69) is 6.07 Å². The first-order chi connectivity index (χ1) is 10.8. The number of benzene rings is 2. The molecule has 0 radical (unpaired) electrons. The lowest BCUT2D eigenvalue weighted by Gasteiger charge is -2.32. The van der Waals surface area contributed by atoms with Crippen molar-refractivity contribution in [3.05, 3.63) is 54.1 Å². The predicted molar refractivity (Wildman–Crippen MR) is 92.3 cm³/mol. The summed E-state index contributed by atoms with van der Waals surface area (Å²) >= 11 is 0. The lowest BCUT2D eigenvalue weighted by atomic mass is 9.74. The van der Waals surface area contributed by atoms with Crippen LogP contribution in [0.4, 0.5) is 0 Å². The zero-order chi connectivity index (χ0) is 16.7. The van der Waals surface area contributed by atoms with Crippen molar-refractivity contribution in [3.8, 4) is 17.2 Å². The van der Waals surface area contributed by atoms with Crippen LogP contribution < -0.4 is 5.46 Å². The van der Waals surface area contributed by atoms with E-state index in [1.807, 2.05) is 76.2 Å². The Kier molecular flexibility index (Phi) is 3.79. The highest BCUT2D eigenvalue weighted by Gasteiger charge is 2.52. The van der Waals surface area contributed by atoms with Crippen LogP contribution in [0, 0.1) is 11.3 Å². The van der Waals surface area contributed by atoms with Crippen LogP contribution in [0.3, 0.4) is 0 Å². The molecule has 116 valence electrons. The SMILES string of the molecule is CC1(C)OB(c2ccc(C#N)cc2-c2ccccc2)OC1(C)C. The molecule has 0 unspecified atom stereocenters. The van der Waals surface area contributed by atoms with Gasteiger partial charge >= 0.3 is 7.12 Å². The maximum Gasteiger partial charge on any atom is 0.495 e. The molecule has 3 rings (SSSR count). The molecule has 1 aliphatic heterocycles. The van der Waals surface area contributed by atoms with Gasteiger partial charge in [-0.3, -0.25) is 0 Å². The number of nitriles is 1. The van der Waals surface area contributed by atoms with Crippen molar-refractivity contribution in [2.24, 2.45) is 0 Å². The van der Waals surface area contributed by atoms with Crippen LogP contribution in [0.1, 0.15) is 33.3 Å². The first-order valence-electron chi connectivity index (χ1n) is 7.79. The molecule has 2 aromatic carbocycles. The average Bonchev–Trinajstić information content (AvgIpc) is 2.75. The second-order valence-corrected chi connectivity index (χ2v) is 6.87. The summed E-state index contributed by atoms with van der Waals surface area (Å²) in [6.45, 7) is 8.16. The summed E-state index contributed by atoms with van der Waals surface area (Å²) in [5.74, 6) is 0. The van der Waals surface area contributed by atoms with Gasteiger partial charge in [0.25, 0.3) is 0 Å². The van der Waals surface area contributed by atoms with E-state index in [4.69, 9.17) is 9.31 Å². The van der Waals surface area contributed by atoms with Crippen molar-refractivity contribution >= 4 is 12.6 Å². The zero-order valence-electron chi connectivity index (χ0n) is 14.0. The van der Waals surface area contributed by atoms with E-state index in [0.717, 1.165) is 16.6 Å². The molecule has 0 spiro atoms. The highest BCUT2D eigenvalue weighted by atomic mass is 16.7. The quantitative estimate of drug-likeness (QED) is 0.797. The van der Waals surface area contributed by atoms with Crippen molar-refractivity contribution < 1.29 is 9.31 Å². The third kappa shape index (κ3) is 2.78. The number of hydrogen-bond donors (Lipinski definition) is 0. The van der Waals surface area contributed by atoms with Crippen LogP contribution >= 0.6 is 0 Å². The Morgan fingerprint density at radius 2 is 1.52 bits per heavy atom. The fraction of sp³-hybridized carbons (Fsp3) is 0.316. The predicted octanol–water partition coefficient (Wildman–Crippen LogP) is 3.52. The molecule has 0 amide bonds. The standard InChI is InChI=1S/C19H20BNO2/c1-18(2)19(3,4)23-20(22-18)17-11-10-14(13-21)12-16(17)15-8-6-5-7-9-15/h5-12H,1-4H3. The molecule has 1 heterocycles. The fourth-order valence-electron chi connectivity index (χ4n) is 2.67. The van der Waals surface area contributed by atoms with Gasteiger partial charge in [-0.05, 0) is 56.4 Å². The normalized spacial score (nSPS) is 18.7. The molecule has 23 heavy (non-hydrogen) atoms. The average molecular weight is 305 g/mol. The first kappa shape index (κ1) is 15.8. The number of nitrogens with zero attached hydrogens (tertiary/aromatic N) is 1. The maximum absolute atomic E-state index is 9.22. The van der Waals surface area contributed by atoms with Gasteiger partial charge in [0.2, 0.25) is 0 Å². The molecular formula is C19H20BNO2. The van der Waals surface area contributed by atoms with Crippen molar-refractivity contribution in [2.75, 3.05) is 0 Å². The minimum Gasteiger partial charge on any atom is -0.399 e. The molecule has 1 fully saturated rings. The molecule has 0 saturated carbocycles. The van der Waals surface area contributed by atoms with Crippen LogP contribution in [-0.4, -0.2) is 18.3 Å². The van der Waals surface area contributed by atoms with Gasteiger partial charge in [0.05, 0.1) is 22.8 Å². The molecule has 0 atom stereocenters. The Balaban J connectivity index is 2.09. The Labute approximate surface area is 138 Å². The summed E-state index contributed by atoms with van der Waals surface area (Å²) in [4.78, 5) is 0. The highest BCUT2D eigenvalue weighted by molar-refractivity contribution is 6.63. The molecule has 1 saturated heterocycles. The molecule has 0 bridgehead atoms. The third-order valence-corrected chi connectivity index (χ3v) is 4.77. The topological polar surface area (TPSA) is 42.2 Å². The molecule has 3 nitrogen and oxygen atoms in total. The monoisotopic (exact) mass is 305 g/mol. The van der Waals surface area contributed by atoms with Gasteiger partial charge in [-0.25, -0.2) is 0 Å². The molecule has 0 aliphatic carbocycles. The van der Waals surface area contributed by atoms with Crippen LogP contribution in [0.5, 0.6) is 0 Å². The van der Waals surface area contributed by atoms with Crippen molar-refractivity contribution in [1.29, 1.82) is 5.26 Å². The van der Waals surface area contributed by atoms with Crippen molar-refractivity contribution in [2.45, 2.75) is 38.9 Å². The van der Waals surface area contributed by atoms with Crippen LogP contribution in [-0.2, 0) is 9.31 Å².